The lowest BCUT2D eigenvalue weighted by molar-refractivity contribution is 0.354. The number of rotatable bonds is 6. The van der Waals surface area contributed by atoms with E-state index in [1.54, 1.807) is 6.20 Å². The van der Waals surface area contributed by atoms with Gasteiger partial charge in [-0.25, -0.2) is 9.97 Å². The fourth-order valence-corrected chi connectivity index (χ4v) is 4.19. The van der Waals surface area contributed by atoms with Gasteiger partial charge in [0.15, 0.2) is 0 Å². The number of ether oxygens (including phenoxy) is 1. The molecule has 7 nitrogen and oxygen atoms in total. The molecule has 1 aliphatic carbocycles. The van der Waals surface area contributed by atoms with E-state index in [0.29, 0.717) is 23.9 Å². The summed E-state index contributed by atoms with van der Waals surface area (Å²) in [6.07, 6.45) is 11.2. The molecular formula is C27H26N6O. The highest BCUT2D eigenvalue weighted by molar-refractivity contribution is 5.95. The van der Waals surface area contributed by atoms with E-state index in [1.807, 2.05) is 59.1 Å². The number of hydrogen-bond acceptors (Lipinski definition) is 5. The Labute approximate surface area is 197 Å². The molecule has 0 amide bonds. The Morgan fingerprint density at radius 2 is 2.00 bits per heavy atom. The lowest BCUT2D eigenvalue weighted by Crippen LogP contribution is -2.10. The van der Waals surface area contributed by atoms with Gasteiger partial charge in [-0.3, -0.25) is 9.81 Å². The summed E-state index contributed by atoms with van der Waals surface area (Å²) in [7, 11) is 0. The minimum atomic E-state index is 0.0272. The van der Waals surface area contributed by atoms with E-state index in [2.05, 4.69) is 30.1 Å². The van der Waals surface area contributed by atoms with Crippen LogP contribution in [0.15, 0.2) is 84.7 Å². The highest BCUT2D eigenvalue weighted by Crippen LogP contribution is 2.33. The molecule has 0 saturated carbocycles. The number of imidazole rings is 1. The highest BCUT2D eigenvalue weighted by atomic mass is 16.5. The summed E-state index contributed by atoms with van der Waals surface area (Å²) in [4.78, 5) is 9.24. The van der Waals surface area contributed by atoms with Crippen molar-refractivity contribution in [1.29, 1.82) is 5.41 Å². The van der Waals surface area contributed by atoms with E-state index < -0.39 is 0 Å². The minimum Gasteiger partial charge on any atom is -0.489 e. The third-order valence-electron chi connectivity index (χ3n) is 5.89. The maximum atomic E-state index is 7.63. The van der Waals surface area contributed by atoms with E-state index in [1.165, 1.54) is 5.57 Å². The van der Waals surface area contributed by atoms with E-state index >= 15 is 0 Å². The Hall–Kier alpha value is -4.39. The number of nitrogen functional groups attached to an aromatic ring is 2. The van der Waals surface area contributed by atoms with E-state index in [4.69, 9.17) is 26.6 Å². The predicted octanol–water partition coefficient (Wildman–Crippen LogP) is 4.83. The smallest absolute Gasteiger partial charge is 0.150 e. The van der Waals surface area contributed by atoms with Gasteiger partial charge in [0.05, 0.1) is 0 Å². The summed E-state index contributed by atoms with van der Waals surface area (Å²) in [5, 5.41) is 7.63. The second-order valence-corrected chi connectivity index (χ2v) is 8.48. The fourth-order valence-electron chi connectivity index (χ4n) is 4.19. The molecule has 2 heterocycles. The Morgan fingerprint density at radius 3 is 2.76 bits per heavy atom. The average Bonchev–Trinajstić information content (AvgIpc) is 3.24. The number of fused-ring (bicyclic) bond motifs is 1. The summed E-state index contributed by atoms with van der Waals surface area (Å²) in [5.74, 6) is 2.45. The van der Waals surface area contributed by atoms with Crippen LogP contribution >= 0.6 is 0 Å². The van der Waals surface area contributed by atoms with E-state index in [0.717, 1.165) is 40.3 Å². The van der Waals surface area contributed by atoms with Crippen molar-refractivity contribution in [3.8, 4) is 28.4 Å². The lowest BCUT2D eigenvalue weighted by Gasteiger charge is -2.13. The first-order chi connectivity index (χ1) is 16.5. The average molecular weight is 451 g/mol. The van der Waals surface area contributed by atoms with Crippen molar-refractivity contribution < 1.29 is 4.74 Å². The zero-order valence-electron chi connectivity index (χ0n) is 18.9. The van der Waals surface area contributed by atoms with Crippen molar-refractivity contribution >= 4 is 17.2 Å². The van der Waals surface area contributed by atoms with E-state index in [-0.39, 0.29) is 5.84 Å². The molecule has 0 aliphatic heterocycles. The molecule has 1 atom stereocenters. The summed E-state index contributed by atoms with van der Waals surface area (Å²) in [6, 6.07) is 15.3. The number of aromatic nitrogens is 3. The van der Waals surface area contributed by atoms with Gasteiger partial charge in [0.2, 0.25) is 0 Å². The highest BCUT2D eigenvalue weighted by Gasteiger charge is 2.18. The van der Waals surface area contributed by atoms with Crippen LogP contribution in [0, 0.1) is 11.3 Å². The number of amidine groups is 1. The van der Waals surface area contributed by atoms with Gasteiger partial charge in [-0.2, -0.15) is 0 Å². The van der Waals surface area contributed by atoms with Crippen molar-refractivity contribution in [3.63, 3.8) is 0 Å². The number of benzene rings is 2. The number of allylic oxidation sites excluding steroid dienone is 2. The molecule has 4 aromatic rings. The minimum absolute atomic E-state index is 0.0272. The van der Waals surface area contributed by atoms with Crippen LogP contribution in [0.1, 0.15) is 18.9 Å². The number of nitrogens with zero attached hydrogens (tertiary/aromatic N) is 3. The van der Waals surface area contributed by atoms with Crippen LogP contribution in [-0.2, 0) is 0 Å². The van der Waals surface area contributed by atoms with Crippen molar-refractivity contribution in [2.75, 3.05) is 12.3 Å². The largest absolute Gasteiger partial charge is 0.489 e. The molecule has 0 saturated heterocycles. The molecule has 0 spiro atoms. The van der Waals surface area contributed by atoms with Crippen molar-refractivity contribution in [2.45, 2.75) is 13.3 Å². The first-order valence-corrected chi connectivity index (χ1v) is 11.2. The third kappa shape index (κ3) is 4.15. The Balaban J connectivity index is 1.52. The molecule has 2 aromatic carbocycles. The van der Waals surface area contributed by atoms with Crippen LogP contribution < -0.4 is 16.2 Å². The van der Waals surface area contributed by atoms with Gasteiger partial charge in [0.25, 0.3) is 0 Å². The van der Waals surface area contributed by atoms with Crippen molar-refractivity contribution in [3.05, 3.63) is 90.3 Å². The van der Waals surface area contributed by atoms with Gasteiger partial charge in [-0.1, -0.05) is 61.5 Å². The topological polar surface area (TPSA) is 115 Å². The molecule has 34 heavy (non-hydrogen) atoms. The maximum Gasteiger partial charge on any atom is 0.150 e. The standard InChI is InChI=1S/C27H26N6O/c1-17-4-2-5-18(14-17)16-34-22-7-3-6-21(15-22)23-24-26(30)31-12-13-33(24)27(32-23)20-10-8-19(9-11-20)25(28)29/h2-3,5-15,17H,4,16H2,1H3,(H3,28,29)(H2,30,31). The molecule has 2 aromatic heterocycles. The summed E-state index contributed by atoms with van der Waals surface area (Å²) < 4.78 is 8.03. The summed E-state index contributed by atoms with van der Waals surface area (Å²) >= 11 is 0. The van der Waals surface area contributed by atoms with Gasteiger partial charge in [0.1, 0.15) is 41.0 Å². The fraction of sp³-hybridized carbons (Fsp3) is 0.148. The van der Waals surface area contributed by atoms with Crippen LogP contribution in [0.2, 0.25) is 0 Å². The van der Waals surface area contributed by atoms with Crippen LogP contribution in [0.25, 0.3) is 28.2 Å². The number of nitrogens with two attached hydrogens (primary N) is 2. The molecule has 170 valence electrons. The molecule has 7 heteroatoms. The van der Waals surface area contributed by atoms with Gasteiger partial charge in [0, 0.05) is 29.1 Å². The first kappa shape index (κ1) is 21.5. The number of nitrogens with one attached hydrogen (secondary N) is 1. The van der Waals surface area contributed by atoms with Crippen LogP contribution in [0.5, 0.6) is 5.75 Å². The van der Waals surface area contributed by atoms with Crippen molar-refractivity contribution in [1.82, 2.24) is 14.4 Å². The Bertz CT molecular complexity index is 1430. The van der Waals surface area contributed by atoms with Crippen LogP contribution in [0.4, 0.5) is 5.82 Å². The van der Waals surface area contributed by atoms with Gasteiger partial charge >= 0.3 is 0 Å². The monoisotopic (exact) mass is 450 g/mol. The second-order valence-electron chi connectivity index (χ2n) is 8.48. The molecule has 0 fully saturated rings. The van der Waals surface area contributed by atoms with Gasteiger partial charge in [-0.05, 0) is 30.0 Å². The molecule has 5 rings (SSSR count). The molecule has 1 aliphatic rings. The first-order valence-electron chi connectivity index (χ1n) is 11.2. The zero-order chi connectivity index (χ0) is 23.7. The quantitative estimate of drug-likeness (QED) is 0.287. The Kier molecular flexibility index (Phi) is 5.59. The zero-order valence-corrected chi connectivity index (χ0v) is 18.9. The number of hydrogen-bond donors (Lipinski definition) is 3. The molecule has 0 bridgehead atoms. The second kappa shape index (κ2) is 8.86. The SMILES string of the molecule is CC1C=C(COc2cccc(-c3nc(-c4ccc(C(=N)N)cc4)n4ccnc(N)c34)c2)C=CC1. The van der Waals surface area contributed by atoms with E-state index in [9.17, 15) is 0 Å². The maximum absolute atomic E-state index is 7.63. The normalized spacial score (nSPS) is 15.3. The summed E-state index contributed by atoms with van der Waals surface area (Å²) in [6.45, 7) is 2.73. The molecule has 5 N–H and O–H groups in total. The molecular weight excluding hydrogens is 424 g/mol. The molecule has 0 radical (unpaired) electrons. The van der Waals surface area contributed by atoms with Crippen LogP contribution in [0.3, 0.4) is 0 Å². The van der Waals surface area contributed by atoms with Crippen molar-refractivity contribution in [2.24, 2.45) is 11.7 Å². The lowest BCUT2D eigenvalue weighted by atomic mass is 9.98. The van der Waals surface area contributed by atoms with Gasteiger partial charge in [-0.15, -0.1) is 0 Å². The van der Waals surface area contributed by atoms with Gasteiger partial charge < -0.3 is 16.2 Å². The third-order valence-corrected chi connectivity index (χ3v) is 5.89. The number of anilines is 1. The van der Waals surface area contributed by atoms with Crippen LogP contribution in [-0.4, -0.2) is 26.8 Å². The Morgan fingerprint density at radius 1 is 1.18 bits per heavy atom. The predicted molar refractivity (Wildman–Crippen MR) is 136 cm³/mol. The summed E-state index contributed by atoms with van der Waals surface area (Å²) in [5.41, 5.74) is 17.0. The molecule has 1 unspecified atom stereocenters.